The molecule has 0 spiro atoms. The molecule has 6 nitrogen and oxygen atoms in total. The summed E-state index contributed by atoms with van der Waals surface area (Å²) in [4.78, 5) is 0. The Bertz CT molecular complexity index is 128. The van der Waals surface area contributed by atoms with Crippen LogP contribution in [0.1, 0.15) is 6.92 Å². The van der Waals surface area contributed by atoms with Crippen LogP contribution in [-0.2, 0) is 4.74 Å². The molecule has 0 saturated carbocycles. The van der Waals surface area contributed by atoms with Gasteiger partial charge in [-0.05, 0) is 6.92 Å². The molecule has 0 rings (SSSR count). The van der Waals surface area contributed by atoms with E-state index in [1.54, 1.807) is 0 Å². The van der Waals surface area contributed by atoms with Gasteiger partial charge in [0.15, 0.2) is 6.29 Å². The van der Waals surface area contributed by atoms with E-state index in [-0.39, 0.29) is 13.2 Å². The van der Waals surface area contributed by atoms with Gasteiger partial charge in [-0.15, -0.1) is 0 Å². The topological polar surface area (TPSA) is 110 Å². The second-order valence-corrected chi connectivity index (χ2v) is 2.71. The summed E-state index contributed by atoms with van der Waals surface area (Å²) in [5.41, 5.74) is 0. The van der Waals surface area contributed by atoms with Crippen molar-refractivity contribution in [3.8, 4) is 0 Å². The molecule has 0 aromatic carbocycles. The van der Waals surface area contributed by atoms with Gasteiger partial charge >= 0.3 is 0 Å². The zero-order valence-corrected chi connectivity index (χ0v) is 7.37. The highest BCUT2D eigenvalue weighted by molar-refractivity contribution is 4.74. The van der Waals surface area contributed by atoms with Gasteiger partial charge in [0.05, 0.1) is 19.3 Å². The van der Waals surface area contributed by atoms with Gasteiger partial charge in [-0.1, -0.05) is 0 Å². The van der Waals surface area contributed by atoms with Crippen molar-refractivity contribution in [2.45, 2.75) is 31.5 Å². The summed E-state index contributed by atoms with van der Waals surface area (Å²) < 4.78 is 4.51. The summed E-state index contributed by atoms with van der Waals surface area (Å²) in [6.07, 6.45) is -5.85. The van der Waals surface area contributed by atoms with Crippen LogP contribution >= 0.6 is 0 Å². The lowest BCUT2D eigenvalue weighted by atomic mass is 10.1. The molecule has 5 N–H and O–H groups in total. The van der Waals surface area contributed by atoms with E-state index in [0.29, 0.717) is 0 Å². The minimum absolute atomic E-state index is 0.148. The maximum Gasteiger partial charge on any atom is 0.183 e. The third kappa shape index (κ3) is 4.51. The number of aliphatic hydroxyl groups excluding tert-OH is 5. The fraction of sp³-hybridized carbons (Fsp3) is 1.00. The Morgan fingerprint density at radius 2 is 1.62 bits per heavy atom. The van der Waals surface area contributed by atoms with Gasteiger partial charge in [-0.2, -0.15) is 0 Å². The minimum Gasteiger partial charge on any atom is -0.394 e. The van der Waals surface area contributed by atoms with Crippen LogP contribution in [0.3, 0.4) is 0 Å². The highest BCUT2D eigenvalue weighted by Gasteiger charge is 2.28. The number of hydrogen-bond donors (Lipinski definition) is 5. The smallest absolute Gasteiger partial charge is 0.183 e. The molecule has 13 heavy (non-hydrogen) atoms. The molecule has 0 amide bonds. The van der Waals surface area contributed by atoms with Crippen molar-refractivity contribution in [2.24, 2.45) is 0 Å². The zero-order valence-electron chi connectivity index (χ0n) is 7.37. The predicted octanol–water partition coefficient (Wildman–Crippen LogP) is -2.58. The van der Waals surface area contributed by atoms with E-state index in [9.17, 15) is 0 Å². The Morgan fingerprint density at radius 3 is 2.00 bits per heavy atom. The van der Waals surface area contributed by atoms with Gasteiger partial charge in [0, 0.05) is 0 Å². The zero-order chi connectivity index (χ0) is 10.4. The first-order chi connectivity index (χ1) is 6.00. The molecule has 80 valence electrons. The van der Waals surface area contributed by atoms with Crippen LogP contribution in [0.15, 0.2) is 0 Å². The van der Waals surface area contributed by atoms with Crippen molar-refractivity contribution >= 4 is 0 Å². The standard InChI is InChI=1S/C7H16O6/c1-4(9)5(10)6(11)7(12)13-3-2-8/h4-12H,2-3H2,1H3. The summed E-state index contributed by atoms with van der Waals surface area (Å²) in [7, 11) is 0. The molecule has 0 aliphatic heterocycles. The fourth-order valence-corrected chi connectivity index (χ4v) is 0.726. The van der Waals surface area contributed by atoms with Gasteiger partial charge in [0.25, 0.3) is 0 Å². The van der Waals surface area contributed by atoms with Crippen molar-refractivity contribution < 1.29 is 30.3 Å². The molecule has 0 aliphatic rings. The highest BCUT2D eigenvalue weighted by Crippen LogP contribution is 2.05. The lowest BCUT2D eigenvalue weighted by molar-refractivity contribution is -0.203. The maximum atomic E-state index is 9.12. The van der Waals surface area contributed by atoms with Gasteiger partial charge in [-0.25, -0.2) is 0 Å². The third-order valence-corrected chi connectivity index (χ3v) is 1.52. The second kappa shape index (κ2) is 6.25. The highest BCUT2D eigenvalue weighted by atomic mass is 16.6. The van der Waals surface area contributed by atoms with Crippen LogP contribution in [0.2, 0.25) is 0 Å². The molecule has 4 unspecified atom stereocenters. The van der Waals surface area contributed by atoms with Crippen molar-refractivity contribution in [1.82, 2.24) is 0 Å². The van der Waals surface area contributed by atoms with Gasteiger partial charge in [0.1, 0.15) is 12.2 Å². The summed E-state index contributed by atoms with van der Waals surface area (Å²) in [5.74, 6) is 0. The molecule has 0 radical (unpaired) electrons. The first-order valence-electron chi connectivity index (χ1n) is 3.95. The summed E-state index contributed by atoms with van der Waals surface area (Å²) in [6, 6.07) is 0. The number of aliphatic hydroxyl groups is 5. The monoisotopic (exact) mass is 196 g/mol. The molecule has 0 bridgehead atoms. The molecular weight excluding hydrogens is 180 g/mol. The largest absolute Gasteiger partial charge is 0.394 e. The Balaban J connectivity index is 3.86. The van der Waals surface area contributed by atoms with Crippen LogP contribution in [-0.4, -0.2) is 63.3 Å². The Morgan fingerprint density at radius 1 is 1.08 bits per heavy atom. The van der Waals surface area contributed by atoms with E-state index in [4.69, 9.17) is 25.5 Å². The molecule has 0 aromatic rings. The Hall–Kier alpha value is -0.240. The second-order valence-electron chi connectivity index (χ2n) is 2.71. The summed E-state index contributed by atoms with van der Waals surface area (Å²) in [5, 5.41) is 44.3. The molecule has 0 saturated heterocycles. The SMILES string of the molecule is CC(O)C(O)C(O)C(O)OCCO. The van der Waals surface area contributed by atoms with Gasteiger partial charge in [0.2, 0.25) is 0 Å². The van der Waals surface area contributed by atoms with E-state index < -0.39 is 24.6 Å². The lowest BCUT2D eigenvalue weighted by Gasteiger charge is -2.24. The molecule has 0 fully saturated rings. The van der Waals surface area contributed by atoms with Crippen molar-refractivity contribution in [2.75, 3.05) is 13.2 Å². The fourth-order valence-electron chi connectivity index (χ4n) is 0.726. The maximum absolute atomic E-state index is 9.12. The first kappa shape index (κ1) is 12.8. The van der Waals surface area contributed by atoms with E-state index in [1.807, 2.05) is 0 Å². The van der Waals surface area contributed by atoms with Crippen LogP contribution in [0.5, 0.6) is 0 Å². The van der Waals surface area contributed by atoms with Crippen LogP contribution < -0.4 is 0 Å². The molecule has 0 aromatic heterocycles. The predicted molar refractivity (Wildman–Crippen MR) is 42.7 cm³/mol. The van der Waals surface area contributed by atoms with E-state index in [0.717, 1.165) is 0 Å². The van der Waals surface area contributed by atoms with Crippen molar-refractivity contribution in [1.29, 1.82) is 0 Å². The van der Waals surface area contributed by atoms with Gasteiger partial charge in [-0.3, -0.25) is 0 Å². The average Bonchev–Trinajstić information content (AvgIpc) is 2.11. The minimum atomic E-state index is -1.61. The Kier molecular flexibility index (Phi) is 6.13. The lowest BCUT2D eigenvalue weighted by Crippen LogP contribution is -2.44. The van der Waals surface area contributed by atoms with E-state index in [2.05, 4.69) is 4.74 Å². The molecule has 4 atom stereocenters. The van der Waals surface area contributed by atoms with Crippen molar-refractivity contribution in [3.05, 3.63) is 0 Å². The molecular formula is C7H16O6. The van der Waals surface area contributed by atoms with Crippen LogP contribution in [0.25, 0.3) is 0 Å². The molecule has 0 aliphatic carbocycles. The van der Waals surface area contributed by atoms with Crippen molar-refractivity contribution in [3.63, 3.8) is 0 Å². The summed E-state index contributed by atoms with van der Waals surface area (Å²) in [6.45, 7) is 0.825. The summed E-state index contributed by atoms with van der Waals surface area (Å²) >= 11 is 0. The Labute approximate surface area is 76.0 Å². The average molecular weight is 196 g/mol. The number of ether oxygens (including phenoxy) is 1. The quantitative estimate of drug-likeness (QED) is 0.298. The first-order valence-corrected chi connectivity index (χ1v) is 3.95. The van der Waals surface area contributed by atoms with Crippen LogP contribution in [0, 0.1) is 0 Å². The normalized spacial score (nSPS) is 20.8. The van der Waals surface area contributed by atoms with E-state index in [1.165, 1.54) is 6.92 Å². The number of rotatable bonds is 6. The number of hydrogen-bond acceptors (Lipinski definition) is 6. The van der Waals surface area contributed by atoms with E-state index >= 15 is 0 Å². The third-order valence-electron chi connectivity index (χ3n) is 1.52. The molecule has 0 heterocycles. The van der Waals surface area contributed by atoms with Gasteiger partial charge < -0.3 is 30.3 Å². The van der Waals surface area contributed by atoms with Crippen LogP contribution in [0.4, 0.5) is 0 Å². The molecule has 6 heteroatoms.